The van der Waals surface area contributed by atoms with Crippen LogP contribution in [0.3, 0.4) is 0 Å². The predicted molar refractivity (Wildman–Crippen MR) is 92.9 cm³/mol. The van der Waals surface area contributed by atoms with Gasteiger partial charge in [-0.1, -0.05) is 36.4 Å². The number of halogens is 3. The maximum atomic E-state index is 13.0. The number of carbonyl (C=O) groups is 1. The average Bonchev–Trinajstić information content (AvgIpc) is 2.52. The van der Waals surface area contributed by atoms with Crippen molar-refractivity contribution in [2.24, 2.45) is 0 Å². The van der Waals surface area contributed by atoms with Crippen molar-refractivity contribution in [1.82, 2.24) is 0 Å². The van der Waals surface area contributed by atoms with Crippen LogP contribution in [0.1, 0.15) is 26.3 Å². The Kier molecular flexibility index (Phi) is 4.30. The Morgan fingerprint density at radius 2 is 1.58 bits per heavy atom. The monoisotopic (exact) mass is 362 g/mol. The molecule has 0 N–H and O–H groups in total. The van der Waals surface area contributed by atoms with E-state index in [0.29, 0.717) is 27.1 Å². The fourth-order valence-corrected chi connectivity index (χ4v) is 3.04. The lowest BCUT2D eigenvalue weighted by atomic mass is 9.93. The molecule has 6 heteroatoms. The molecule has 3 aromatic carbocycles. The van der Waals surface area contributed by atoms with Crippen molar-refractivity contribution >= 4 is 27.5 Å². The molecule has 0 aromatic heterocycles. The third-order valence-electron chi connectivity index (χ3n) is 4.13. The molecule has 136 valence electrons. The lowest BCUT2D eigenvalue weighted by Gasteiger charge is -2.25. The highest BCUT2D eigenvalue weighted by atomic mass is 19.4. The topological polar surface area (TPSA) is 35.5 Å². The highest BCUT2D eigenvalue weighted by Crippen LogP contribution is 2.40. The fraction of sp³-hybridized carbons (Fsp3) is 0.250. The van der Waals surface area contributed by atoms with Crippen LogP contribution in [-0.2, 0) is 15.1 Å². The third-order valence-corrected chi connectivity index (χ3v) is 4.13. The smallest absolute Gasteiger partial charge is 0.455 e. The van der Waals surface area contributed by atoms with Crippen LogP contribution >= 0.6 is 0 Å². The number of alkyl halides is 3. The Labute approximate surface area is 148 Å². The van der Waals surface area contributed by atoms with E-state index in [0.717, 1.165) is 0 Å². The highest BCUT2D eigenvalue weighted by molar-refractivity contribution is 6.05. The molecule has 0 heterocycles. The SMILES string of the molecule is CC(=O)OC(C)(C)c1ccc2cc3ccccc3c(OC(F)(F)F)c2c1. The van der Waals surface area contributed by atoms with Gasteiger partial charge in [0.25, 0.3) is 0 Å². The van der Waals surface area contributed by atoms with Gasteiger partial charge in [0.1, 0.15) is 11.4 Å². The van der Waals surface area contributed by atoms with Crippen LogP contribution in [0.5, 0.6) is 5.75 Å². The first-order valence-corrected chi connectivity index (χ1v) is 7.98. The van der Waals surface area contributed by atoms with Gasteiger partial charge in [0, 0.05) is 17.7 Å². The average molecular weight is 362 g/mol. The molecular formula is C20H17F3O3. The van der Waals surface area contributed by atoms with E-state index in [9.17, 15) is 18.0 Å². The lowest BCUT2D eigenvalue weighted by molar-refractivity contribution is -0.273. The van der Waals surface area contributed by atoms with Crippen molar-refractivity contribution < 1.29 is 27.4 Å². The van der Waals surface area contributed by atoms with Gasteiger partial charge in [-0.2, -0.15) is 0 Å². The van der Waals surface area contributed by atoms with Crippen LogP contribution in [0.2, 0.25) is 0 Å². The number of esters is 1. The van der Waals surface area contributed by atoms with Crippen molar-refractivity contribution in [3.63, 3.8) is 0 Å². The predicted octanol–water partition coefficient (Wildman–Crippen LogP) is 5.69. The highest BCUT2D eigenvalue weighted by Gasteiger charge is 2.33. The third kappa shape index (κ3) is 3.59. The molecule has 0 aliphatic rings. The summed E-state index contributed by atoms with van der Waals surface area (Å²) in [5.74, 6) is -0.730. The molecule has 0 saturated carbocycles. The Morgan fingerprint density at radius 3 is 2.23 bits per heavy atom. The van der Waals surface area contributed by atoms with E-state index < -0.39 is 17.9 Å². The first-order valence-electron chi connectivity index (χ1n) is 7.98. The molecule has 3 aromatic rings. The number of rotatable bonds is 3. The van der Waals surface area contributed by atoms with Crippen molar-refractivity contribution in [2.75, 3.05) is 0 Å². The molecule has 0 spiro atoms. The van der Waals surface area contributed by atoms with Gasteiger partial charge >= 0.3 is 12.3 Å². The summed E-state index contributed by atoms with van der Waals surface area (Å²) >= 11 is 0. The second kappa shape index (κ2) is 6.20. The maximum Gasteiger partial charge on any atom is 0.573 e. The number of fused-ring (bicyclic) bond motifs is 2. The van der Waals surface area contributed by atoms with Crippen LogP contribution in [0.4, 0.5) is 13.2 Å². The van der Waals surface area contributed by atoms with Crippen molar-refractivity contribution in [3.8, 4) is 5.75 Å². The van der Waals surface area contributed by atoms with E-state index >= 15 is 0 Å². The summed E-state index contributed by atoms with van der Waals surface area (Å²) in [7, 11) is 0. The van der Waals surface area contributed by atoms with E-state index in [4.69, 9.17) is 4.74 Å². The summed E-state index contributed by atoms with van der Waals surface area (Å²) < 4.78 is 48.7. The summed E-state index contributed by atoms with van der Waals surface area (Å²) in [6.45, 7) is 4.65. The first-order chi connectivity index (χ1) is 12.1. The van der Waals surface area contributed by atoms with E-state index in [-0.39, 0.29) is 5.75 Å². The van der Waals surface area contributed by atoms with Gasteiger partial charge in [-0.05, 0) is 42.3 Å². The number of hydrogen-bond donors (Lipinski definition) is 0. The normalized spacial score (nSPS) is 12.4. The summed E-state index contributed by atoms with van der Waals surface area (Å²) in [6.07, 6.45) is -4.82. The molecule has 0 bridgehead atoms. The summed E-state index contributed by atoms with van der Waals surface area (Å²) in [5, 5.41) is 1.91. The van der Waals surface area contributed by atoms with Crippen LogP contribution in [0, 0.1) is 0 Å². The minimum absolute atomic E-state index is 0.258. The van der Waals surface area contributed by atoms with Crippen LogP contribution in [-0.4, -0.2) is 12.3 Å². The Hall–Kier alpha value is -2.76. The van der Waals surface area contributed by atoms with E-state index in [1.165, 1.54) is 6.92 Å². The van der Waals surface area contributed by atoms with Crippen LogP contribution < -0.4 is 4.74 Å². The number of carbonyl (C=O) groups excluding carboxylic acids is 1. The summed E-state index contributed by atoms with van der Waals surface area (Å²) in [5.41, 5.74) is -0.413. The molecule has 3 rings (SSSR count). The molecule has 0 amide bonds. The van der Waals surface area contributed by atoms with Gasteiger partial charge in [-0.25, -0.2) is 0 Å². The van der Waals surface area contributed by atoms with Gasteiger partial charge in [-0.15, -0.1) is 13.2 Å². The second-order valence-electron chi connectivity index (χ2n) is 6.51. The quantitative estimate of drug-likeness (QED) is 0.443. The Bertz CT molecular complexity index is 991. The molecule has 0 saturated heterocycles. The zero-order valence-electron chi connectivity index (χ0n) is 14.5. The van der Waals surface area contributed by atoms with Gasteiger partial charge < -0.3 is 9.47 Å². The van der Waals surface area contributed by atoms with Gasteiger partial charge in [0.2, 0.25) is 0 Å². The van der Waals surface area contributed by atoms with E-state index in [2.05, 4.69) is 4.74 Å². The lowest BCUT2D eigenvalue weighted by Crippen LogP contribution is -2.24. The number of benzene rings is 3. The maximum absolute atomic E-state index is 13.0. The molecule has 26 heavy (non-hydrogen) atoms. The molecule has 0 fully saturated rings. The standard InChI is InChI=1S/C20H17F3O3/c1-12(24)25-19(2,3)15-9-8-14-10-13-6-4-5-7-16(13)18(17(14)11-15)26-20(21,22)23/h4-11H,1-3H3. The summed E-state index contributed by atoms with van der Waals surface area (Å²) in [4.78, 5) is 11.3. The number of ether oxygens (including phenoxy) is 2. The van der Waals surface area contributed by atoms with Crippen molar-refractivity contribution in [3.05, 3.63) is 54.1 Å². The van der Waals surface area contributed by atoms with E-state index in [1.807, 2.05) is 0 Å². The fourth-order valence-electron chi connectivity index (χ4n) is 3.04. The molecule has 0 unspecified atom stereocenters. The van der Waals surface area contributed by atoms with Gasteiger partial charge in [0.15, 0.2) is 0 Å². The van der Waals surface area contributed by atoms with Gasteiger partial charge in [0.05, 0.1) is 0 Å². The minimum atomic E-state index is -4.82. The minimum Gasteiger partial charge on any atom is -0.455 e. The van der Waals surface area contributed by atoms with Crippen molar-refractivity contribution in [1.29, 1.82) is 0 Å². The molecular weight excluding hydrogens is 345 g/mol. The molecule has 0 aliphatic heterocycles. The van der Waals surface area contributed by atoms with Crippen LogP contribution in [0.15, 0.2) is 48.5 Å². The van der Waals surface area contributed by atoms with E-state index in [1.54, 1.807) is 62.4 Å². The zero-order valence-corrected chi connectivity index (χ0v) is 14.5. The van der Waals surface area contributed by atoms with Crippen LogP contribution in [0.25, 0.3) is 21.5 Å². The molecule has 0 radical (unpaired) electrons. The zero-order chi connectivity index (χ0) is 19.1. The molecule has 0 atom stereocenters. The Morgan fingerprint density at radius 1 is 0.923 bits per heavy atom. The Balaban J connectivity index is 2.29. The largest absolute Gasteiger partial charge is 0.573 e. The first kappa shape index (κ1) is 18.0. The second-order valence-corrected chi connectivity index (χ2v) is 6.51. The number of hydrogen-bond acceptors (Lipinski definition) is 3. The molecule has 3 nitrogen and oxygen atoms in total. The molecule has 0 aliphatic carbocycles. The van der Waals surface area contributed by atoms with Crippen molar-refractivity contribution in [2.45, 2.75) is 32.7 Å². The van der Waals surface area contributed by atoms with Gasteiger partial charge in [-0.3, -0.25) is 4.79 Å². The summed E-state index contributed by atoms with van der Waals surface area (Å²) in [6, 6.07) is 13.5.